The minimum absolute atomic E-state index is 0.234. The summed E-state index contributed by atoms with van der Waals surface area (Å²) in [4.78, 5) is 21.3. The van der Waals surface area contributed by atoms with Crippen molar-refractivity contribution in [2.45, 2.75) is 6.61 Å². The molecule has 0 unspecified atom stereocenters. The third-order valence-electron chi connectivity index (χ3n) is 4.68. The second-order valence-electron chi connectivity index (χ2n) is 6.70. The van der Waals surface area contributed by atoms with E-state index in [0.717, 1.165) is 16.0 Å². The number of anilines is 1. The van der Waals surface area contributed by atoms with E-state index in [0.29, 0.717) is 47.8 Å². The predicted octanol–water partition coefficient (Wildman–Crippen LogP) is 3.63. The van der Waals surface area contributed by atoms with E-state index in [1.807, 2.05) is 29.9 Å². The second kappa shape index (κ2) is 7.68. The van der Waals surface area contributed by atoms with E-state index in [4.69, 9.17) is 14.2 Å². The van der Waals surface area contributed by atoms with Gasteiger partial charge in [0.1, 0.15) is 31.4 Å². The number of thiazole rings is 1. The highest BCUT2D eigenvalue weighted by molar-refractivity contribution is 7.22. The summed E-state index contributed by atoms with van der Waals surface area (Å²) in [5.41, 5.74) is 1.28. The molecule has 0 bridgehead atoms. The molecule has 1 aliphatic heterocycles. The van der Waals surface area contributed by atoms with Gasteiger partial charge in [0.15, 0.2) is 16.6 Å². The van der Waals surface area contributed by atoms with Gasteiger partial charge in [-0.05, 0) is 24.3 Å². The van der Waals surface area contributed by atoms with Crippen molar-refractivity contribution in [1.29, 1.82) is 0 Å². The molecule has 3 heterocycles. The van der Waals surface area contributed by atoms with E-state index in [2.05, 4.69) is 15.3 Å². The maximum atomic E-state index is 12.6. The number of imidazole rings is 1. The Morgan fingerprint density at radius 3 is 2.70 bits per heavy atom. The Kier molecular flexibility index (Phi) is 4.72. The first-order valence-electron chi connectivity index (χ1n) is 9.36. The van der Waals surface area contributed by atoms with Crippen LogP contribution in [0.1, 0.15) is 16.2 Å². The summed E-state index contributed by atoms with van der Waals surface area (Å²) in [6.45, 7) is 1.41. The molecule has 0 aliphatic carbocycles. The van der Waals surface area contributed by atoms with Crippen molar-refractivity contribution >= 4 is 32.6 Å². The van der Waals surface area contributed by atoms with E-state index < -0.39 is 0 Å². The largest absolute Gasteiger partial charge is 0.486 e. The van der Waals surface area contributed by atoms with Gasteiger partial charge >= 0.3 is 0 Å². The Bertz CT molecular complexity index is 1170. The maximum Gasteiger partial charge on any atom is 0.257 e. The molecule has 5 rings (SSSR count). The van der Waals surface area contributed by atoms with E-state index in [-0.39, 0.29) is 5.91 Å². The highest BCUT2D eigenvalue weighted by Crippen LogP contribution is 2.37. The highest BCUT2D eigenvalue weighted by Gasteiger charge is 2.16. The van der Waals surface area contributed by atoms with Crippen molar-refractivity contribution in [2.75, 3.05) is 18.5 Å². The first-order chi connectivity index (χ1) is 14.7. The molecule has 30 heavy (non-hydrogen) atoms. The average molecular weight is 422 g/mol. The fourth-order valence-corrected chi connectivity index (χ4v) is 3.94. The molecule has 0 fully saturated rings. The third kappa shape index (κ3) is 3.67. The number of aromatic nitrogens is 3. The lowest BCUT2D eigenvalue weighted by atomic mass is 10.2. The molecule has 0 saturated heterocycles. The highest BCUT2D eigenvalue weighted by atomic mass is 32.1. The van der Waals surface area contributed by atoms with Crippen molar-refractivity contribution < 1.29 is 19.0 Å². The normalized spacial score (nSPS) is 12.7. The van der Waals surface area contributed by atoms with Crippen LogP contribution < -0.4 is 19.5 Å². The number of ether oxygens (including phenoxy) is 3. The molecule has 0 atom stereocenters. The van der Waals surface area contributed by atoms with E-state index in [9.17, 15) is 4.79 Å². The van der Waals surface area contributed by atoms with E-state index in [1.54, 1.807) is 30.5 Å². The summed E-state index contributed by atoms with van der Waals surface area (Å²) in [6.07, 6.45) is 3.59. The van der Waals surface area contributed by atoms with Crippen LogP contribution in [0, 0.1) is 0 Å². The zero-order chi connectivity index (χ0) is 20.5. The number of amides is 1. The maximum absolute atomic E-state index is 12.6. The number of hydrogen-bond acceptors (Lipinski definition) is 7. The van der Waals surface area contributed by atoms with Crippen LogP contribution in [0.5, 0.6) is 17.2 Å². The minimum Gasteiger partial charge on any atom is -0.486 e. The van der Waals surface area contributed by atoms with Crippen LogP contribution >= 0.6 is 11.3 Å². The van der Waals surface area contributed by atoms with Crippen molar-refractivity contribution in [3.63, 3.8) is 0 Å². The number of nitrogens with one attached hydrogen (secondary N) is 1. The summed E-state index contributed by atoms with van der Waals surface area (Å²) in [5, 5.41) is 3.37. The first-order valence-corrected chi connectivity index (χ1v) is 10.2. The molecular formula is C21H18N4O4S. The fourth-order valence-electron chi connectivity index (χ4n) is 3.07. The van der Waals surface area contributed by atoms with E-state index >= 15 is 0 Å². The smallest absolute Gasteiger partial charge is 0.257 e. The zero-order valence-corrected chi connectivity index (χ0v) is 16.9. The van der Waals surface area contributed by atoms with Gasteiger partial charge < -0.3 is 18.8 Å². The van der Waals surface area contributed by atoms with Crippen molar-refractivity contribution in [3.8, 4) is 17.2 Å². The van der Waals surface area contributed by atoms with Crippen LogP contribution in [0.15, 0.2) is 48.8 Å². The zero-order valence-electron chi connectivity index (χ0n) is 16.1. The predicted molar refractivity (Wildman–Crippen MR) is 113 cm³/mol. The monoisotopic (exact) mass is 422 g/mol. The third-order valence-corrected chi connectivity index (χ3v) is 5.61. The molecule has 0 saturated carbocycles. The lowest BCUT2D eigenvalue weighted by Crippen LogP contribution is -2.15. The molecule has 1 aliphatic rings. The van der Waals surface area contributed by atoms with Gasteiger partial charge in [0.25, 0.3) is 5.91 Å². The van der Waals surface area contributed by atoms with Crippen LogP contribution in [0.2, 0.25) is 0 Å². The number of carbonyl (C=O) groups is 1. The van der Waals surface area contributed by atoms with E-state index in [1.165, 1.54) is 11.3 Å². The van der Waals surface area contributed by atoms with Crippen molar-refractivity contribution in [3.05, 3.63) is 60.2 Å². The average Bonchev–Trinajstić information content (AvgIpc) is 3.35. The topological polar surface area (TPSA) is 87.5 Å². The lowest BCUT2D eigenvalue weighted by Gasteiger charge is -2.17. The number of fused-ring (bicyclic) bond motifs is 2. The molecule has 2 aromatic carbocycles. The molecule has 0 radical (unpaired) electrons. The van der Waals surface area contributed by atoms with Crippen LogP contribution in [0.4, 0.5) is 5.13 Å². The molecule has 8 nitrogen and oxygen atoms in total. The summed E-state index contributed by atoms with van der Waals surface area (Å²) < 4.78 is 19.7. The van der Waals surface area contributed by atoms with Crippen molar-refractivity contribution in [2.24, 2.45) is 7.05 Å². The Hall–Kier alpha value is -3.59. The minimum atomic E-state index is -0.234. The van der Waals surface area contributed by atoms with Gasteiger partial charge in [0.05, 0.1) is 10.2 Å². The van der Waals surface area contributed by atoms with Gasteiger partial charge in [-0.2, -0.15) is 0 Å². The number of hydrogen-bond donors (Lipinski definition) is 1. The fraction of sp³-hybridized carbons (Fsp3) is 0.190. The Labute approximate surface area is 176 Å². The van der Waals surface area contributed by atoms with Crippen LogP contribution in [-0.4, -0.2) is 33.7 Å². The summed E-state index contributed by atoms with van der Waals surface area (Å²) >= 11 is 1.39. The number of rotatable bonds is 5. The van der Waals surface area contributed by atoms with Crippen LogP contribution in [0.3, 0.4) is 0 Å². The molecule has 4 aromatic rings. The molecule has 1 amide bonds. The molecule has 2 aromatic heterocycles. The molecule has 1 N–H and O–H groups in total. The summed E-state index contributed by atoms with van der Waals surface area (Å²) in [5.74, 6) is 2.64. The Morgan fingerprint density at radius 1 is 1.20 bits per heavy atom. The molecule has 0 spiro atoms. The van der Waals surface area contributed by atoms with Crippen molar-refractivity contribution in [1.82, 2.24) is 14.5 Å². The Balaban J connectivity index is 1.26. The SMILES string of the molecule is Cn1ccnc1COc1ccc(C(=O)Nc2nc3cc4c(cc3s2)OCCO4)cc1. The summed E-state index contributed by atoms with van der Waals surface area (Å²) in [7, 11) is 1.91. The van der Waals surface area contributed by atoms with Crippen LogP contribution in [-0.2, 0) is 13.7 Å². The Morgan fingerprint density at radius 2 is 1.97 bits per heavy atom. The van der Waals surface area contributed by atoms with Gasteiger partial charge in [0, 0.05) is 37.1 Å². The van der Waals surface area contributed by atoms with Gasteiger partial charge in [-0.1, -0.05) is 11.3 Å². The van der Waals surface area contributed by atoms with Gasteiger partial charge in [-0.3, -0.25) is 10.1 Å². The number of aryl methyl sites for hydroxylation is 1. The van der Waals surface area contributed by atoms with Crippen LogP contribution in [0.25, 0.3) is 10.2 Å². The number of benzene rings is 2. The molecule has 152 valence electrons. The number of carbonyl (C=O) groups excluding carboxylic acids is 1. The second-order valence-corrected chi connectivity index (χ2v) is 7.73. The lowest BCUT2D eigenvalue weighted by molar-refractivity contribution is 0.102. The first kappa shape index (κ1) is 18.4. The van der Waals surface area contributed by atoms with Gasteiger partial charge in [-0.25, -0.2) is 9.97 Å². The molecular weight excluding hydrogens is 404 g/mol. The van der Waals surface area contributed by atoms with Gasteiger partial charge in [-0.15, -0.1) is 0 Å². The molecule has 9 heteroatoms. The summed E-state index contributed by atoms with van der Waals surface area (Å²) in [6, 6.07) is 10.7. The standard InChI is InChI=1S/C21H18N4O4S/c1-25-7-6-22-19(25)12-29-14-4-2-13(3-5-14)20(26)24-21-23-15-10-16-17(11-18(15)30-21)28-9-8-27-16/h2-7,10-11H,8-9,12H2,1H3,(H,23,24,26). The quantitative estimate of drug-likeness (QED) is 0.528. The van der Waals surface area contributed by atoms with Gasteiger partial charge in [0.2, 0.25) is 0 Å². The number of nitrogens with zero attached hydrogens (tertiary/aromatic N) is 3.